The van der Waals surface area contributed by atoms with Crippen LogP contribution in [0.2, 0.25) is 0 Å². The number of hydrogen-bond acceptors (Lipinski definition) is 9. The summed E-state index contributed by atoms with van der Waals surface area (Å²) in [5.74, 6) is -3.43. The highest BCUT2D eigenvalue weighted by atomic mass is 19.4. The van der Waals surface area contributed by atoms with Crippen molar-refractivity contribution in [1.29, 1.82) is 0 Å². The molecule has 24 heteroatoms. The Bertz CT molecular complexity index is 4330. The predicted molar refractivity (Wildman–Crippen MR) is 346 cm³/mol. The van der Waals surface area contributed by atoms with Crippen LogP contribution in [0.25, 0.3) is 49.8 Å². The Morgan fingerprint density at radius 1 is 0.434 bits per heavy atom. The monoisotopic (exact) mass is 1380 g/mol. The second-order valence-corrected chi connectivity index (χ2v) is 28.5. The zero-order valence-electron chi connectivity index (χ0n) is 54.6. The topological polar surface area (TPSA) is 172 Å². The molecule has 99 heavy (non-hydrogen) atoms. The fourth-order valence-corrected chi connectivity index (χ4v) is 18.2. The lowest BCUT2D eigenvalue weighted by Crippen LogP contribution is -2.62. The van der Waals surface area contributed by atoms with E-state index in [2.05, 4.69) is 15.3 Å². The maximum absolute atomic E-state index is 13.7. The average Bonchev–Trinajstić information content (AvgIpc) is 1.72. The summed E-state index contributed by atoms with van der Waals surface area (Å²) in [5, 5.41) is 68.3. The van der Waals surface area contributed by atoms with Gasteiger partial charge in [-0.3, -0.25) is 4.79 Å². The summed E-state index contributed by atoms with van der Waals surface area (Å²) < 4.78 is 169. The van der Waals surface area contributed by atoms with E-state index in [1.54, 1.807) is 69.0 Å². The first-order valence-corrected chi connectivity index (χ1v) is 33.8. The highest BCUT2D eigenvalue weighted by Gasteiger charge is 2.68. The zero-order valence-corrected chi connectivity index (χ0v) is 54.6. The number of alkyl halides is 9. The molecule has 0 saturated heterocycles. The molecule has 0 radical (unpaired) electrons. The van der Waals surface area contributed by atoms with Gasteiger partial charge < -0.3 is 25.5 Å². The Labute approximate surface area is 562 Å². The van der Waals surface area contributed by atoms with Gasteiger partial charge in [-0.1, -0.05) is 20.8 Å². The summed E-state index contributed by atoms with van der Waals surface area (Å²) >= 11 is 0. The first-order chi connectivity index (χ1) is 46.8. The van der Waals surface area contributed by atoms with Crippen LogP contribution in [0.15, 0.2) is 128 Å². The molecule has 5 N–H and O–H groups in total. The second-order valence-electron chi connectivity index (χ2n) is 28.5. The predicted octanol–water partition coefficient (Wildman–Crippen LogP) is 15.8. The van der Waals surface area contributed by atoms with Crippen molar-refractivity contribution in [2.24, 2.45) is 17.8 Å². The summed E-state index contributed by atoms with van der Waals surface area (Å²) in [7, 11) is 0. The van der Waals surface area contributed by atoms with Crippen molar-refractivity contribution >= 4 is 38.5 Å². The van der Waals surface area contributed by atoms with Crippen molar-refractivity contribution in [3.05, 3.63) is 179 Å². The van der Waals surface area contributed by atoms with Crippen LogP contribution in [-0.4, -0.2) is 108 Å². The van der Waals surface area contributed by atoms with Crippen LogP contribution in [0.1, 0.15) is 150 Å². The number of carbonyl (C=O) groups excluding carboxylic acids is 1. The number of aliphatic hydroxyl groups is 5. The molecule has 0 unspecified atom stereocenters. The van der Waals surface area contributed by atoms with Gasteiger partial charge in [0.25, 0.3) is 0 Å². The molecule has 6 aliphatic carbocycles. The van der Waals surface area contributed by atoms with E-state index in [1.165, 1.54) is 36.4 Å². The van der Waals surface area contributed by atoms with Crippen molar-refractivity contribution in [1.82, 2.24) is 29.3 Å². The largest absolute Gasteiger partial charge is 0.424 e. The smallest absolute Gasteiger partial charge is 0.390 e. The highest BCUT2D eigenvalue weighted by molar-refractivity contribution is 5.91. The van der Waals surface area contributed by atoms with Crippen LogP contribution >= 0.6 is 0 Å². The molecule has 9 aromatic rings. The summed E-state index contributed by atoms with van der Waals surface area (Å²) in [4.78, 5) is 12.8. The zero-order chi connectivity index (χ0) is 70.8. The van der Waals surface area contributed by atoms with E-state index in [9.17, 15) is 83.0 Å². The lowest BCUT2D eigenvalue weighted by Gasteiger charge is -2.52. The summed E-state index contributed by atoms with van der Waals surface area (Å²) in [6.07, 6.45) is -8.36. The molecule has 3 saturated carbocycles. The molecule has 0 aliphatic heterocycles. The minimum Gasteiger partial charge on any atom is -0.390 e. The van der Waals surface area contributed by atoms with Crippen LogP contribution in [0.5, 0.6) is 0 Å². The van der Waals surface area contributed by atoms with Crippen LogP contribution in [0.4, 0.5) is 52.7 Å². The van der Waals surface area contributed by atoms with Gasteiger partial charge in [0.2, 0.25) is 5.60 Å². The molecule has 0 amide bonds. The number of nitrogens with zero attached hydrogens (tertiary/aromatic N) is 6. The number of benzene rings is 6. The van der Waals surface area contributed by atoms with Gasteiger partial charge in [0.1, 0.15) is 17.5 Å². The van der Waals surface area contributed by atoms with Gasteiger partial charge >= 0.3 is 18.5 Å². The van der Waals surface area contributed by atoms with Crippen molar-refractivity contribution in [3.63, 3.8) is 0 Å². The normalized spacial score (nSPS) is 29.3. The van der Waals surface area contributed by atoms with E-state index >= 15 is 0 Å². The van der Waals surface area contributed by atoms with Crippen LogP contribution in [0.3, 0.4) is 0 Å². The first kappa shape index (κ1) is 69.8. The molecule has 526 valence electrons. The number of fused-ring (bicyclic) bond motifs is 12. The average molecular weight is 1390 g/mol. The van der Waals surface area contributed by atoms with E-state index < -0.39 is 107 Å². The fraction of sp³-hybridized carbons (Fsp3) is 0.467. The van der Waals surface area contributed by atoms with E-state index in [-0.39, 0.29) is 36.7 Å². The molecule has 3 aromatic heterocycles. The van der Waals surface area contributed by atoms with Crippen molar-refractivity contribution in [2.45, 2.75) is 200 Å². The van der Waals surface area contributed by atoms with Gasteiger partial charge in [-0.2, -0.15) is 54.8 Å². The molecule has 11 atom stereocenters. The van der Waals surface area contributed by atoms with Gasteiger partial charge in [-0.25, -0.2) is 27.2 Å². The Hall–Kier alpha value is -7.64. The Morgan fingerprint density at radius 2 is 0.737 bits per heavy atom. The molecule has 6 aromatic carbocycles. The minimum atomic E-state index is -4.99. The third-order valence-electron chi connectivity index (χ3n) is 23.7. The molecular formula is C75H76F12N6O6. The molecule has 15 rings (SSSR count). The number of hydrogen-bond donors (Lipinski definition) is 5. The van der Waals surface area contributed by atoms with Crippen LogP contribution in [-0.2, 0) is 40.3 Å². The van der Waals surface area contributed by atoms with Crippen LogP contribution in [0, 0.1) is 35.2 Å². The SMILES string of the molecule is CC[C@@]12CC(=O)[C@](O)(C(F)(F)F)C[C@H]1CCCc1cc3c(cnn3-c3ccc(F)cc3)cc12.CC[C@@]12C[C@@H](O)[C@](O)(C(F)(F)F)C[C@H]1CCCc1cc3c(cnn3-c3ccc(F)cc3)cc12.CC[C@@]12C[C@H](O)[C@](O)(C(F)(F)F)C[C@H]1CCCc1cc3c(cnn3-c3ccc(F)cc3)cc12. The number of aryl methyl sites for hydroxylation is 3. The number of aliphatic hydroxyl groups excluding tert-OH is 2. The van der Waals surface area contributed by atoms with Crippen molar-refractivity contribution in [3.8, 4) is 17.1 Å². The molecule has 3 fully saturated rings. The molecular weight excluding hydrogens is 1310 g/mol. The Balaban J connectivity index is 0.000000133. The molecule has 12 nitrogen and oxygen atoms in total. The number of halogens is 12. The van der Waals surface area contributed by atoms with Gasteiger partial charge in [0.05, 0.1) is 64.4 Å². The third-order valence-corrected chi connectivity index (χ3v) is 23.7. The van der Waals surface area contributed by atoms with E-state index in [0.29, 0.717) is 94.1 Å². The van der Waals surface area contributed by atoms with E-state index in [4.69, 9.17) is 0 Å². The van der Waals surface area contributed by atoms with Gasteiger partial charge in [-0.15, -0.1) is 0 Å². The van der Waals surface area contributed by atoms with Crippen molar-refractivity contribution in [2.75, 3.05) is 0 Å². The van der Waals surface area contributed by atoms with Gasteiger partial charge in [-0.05, 0) is 269 Å². The summed E-state index contributed by atoms with van der Waals surface area (Å²) in [6, 6.07) is 30.0. The maximum Gasteiger partial charge on any atom is 0.424 e. The number of aromatic nitrogens is 6. The Morgan fingerprint density at radius 3 is 1.03 bits per heavy atom. The summed E-state index contributed by atoms with van der Waals surface area (Å²) in [6.45, 7) is 5.79. The lowest BCUT2D eigenvalue weighted by molar-refractivity contribution is -0.310. The molecule has 0 bridgehead atoms. The Kier molecular flexibility index (Phi) is 17.7. The van der Waals surface area contributed by atoms with Crippen molar-refractivity contribution < 1.29 is 83.0 Å². The van der Waals surface area contributed by atoms with Gasteiger partial charge in [0.15, 0.2) is 17.0 Å². The van der Waals surface area contributed by atoms with Gasteiger partial charge in [0, 0.05) is 38.8 Å². The van der Waals surface area contributed by atoms with E-state index in [1.807, 2.05) is 57.2 Å². The summed E-state index contributed by atoms with van der Waals surface area (Å²) in [5.41, 5.74) is -1.07. The lowest BCUT2D eigenvalue weighted by atomic mass is 9.55. The van der Waals surface area contributed by atoms with Crippen LogP contribution < -0.4 is 0 Å². The highest BCUT2D eigenvalue weighted by Crippen LogP contribution is 2.60. The quantitative estimate of drug-likeness (QED) is 0.102. The molecule has 3 heterocycles. The van der Waals surface area contributed by atoms with E-state index in [0.717, 1.165) is 66.1 Å². The maximum atomic E-state index is 13.7. The molecule has 6 aliphatic rings. The minimum absolute atomic E-state index is 0.144. The second kappa shape index (κ2) is 25.2. The fourth-order valence-electron chi connectivity index (χ4n) is 18.2. The number of Topliss-reactive ketones (excluding diaryl/α,β-unsaturated/α-hetero) is 1. The standard InChI is InChI=1S/2C25H26F4N2O2.C25H24F4N2O2/c3*1-2-23-13-22(32)24(33,25(27,28)29)12-17(23)5-3-4-15-11-21-16(10-20(15)23)14-30-31(21)19-8-6-18(26)7-9-19/h2*6-11,14,17,22,32-33H,2-5,12-13H2,1H3;6-11,14,17,33H,2-5,12-13H2,1H3/t17-,22+,23-,24+;17-,22-,23-,24+;17-,23-,24+/m111/s1. The third kappa shape index (κ3) is 11.5. The number of rotatable bonds is 6. The number of ketones is 1. The molecule has 0 spiro atoms. The number of carbonyl (C=O) groups is 1. The first-order valence-electron chi connectivity index (χ1n) is 33.8.